The van der Waals surface area contributed by atoms with Crippen molar-refractivity contribution in [3.8, 4) is 11.6 Å². The lowest BCUT2D eigenvalue weighted by atomic mass is 10.0. The average Bonchev–Trinajstić information content (AvgIpc) is 2.75. The highest BCUT2D eigenvalue weighted by Crippen LogP contribution is 2.35. The Morgan fingerprint density at radius 1 is 1.10 bits per heavy atom. The van der Waals surface area contributed by atoms with E-state index in [2.05, 4.69) is 29.1 Å². The van der Waals surface area contributed by atoms with Crippen molar-refractivity contribution in [1.29, 1.82) is 0 Å². The molecule has 9 heteroatoms. The predicted octanol–water partition coefficient (Wildman–Crippen LogP) is 5.22. The zero-order valence-electron chi connectivity index (χ0n) is 17.4. The fourth-order valence-electron chi connectivity index (χ4n) is 2.77. The van der Waals surface area contributed by atoms with Gasteiger partial charge in [0.25, 0.3) is 0 Å². The molecule has 160 valence electrons. The fraction of sp³-hybridized carbons (Fsp3) is 0.227. The summed E-state index contributed by atoms with van der Waals surface area (Å²) in [5.41, 5.74) is 1.60. The lowest BCUT2D eigenvalue weighted by molar-refractivity contribution is -0.385. The summed E-state index contributed by atoms with van der Waals surface area (Å²) < 4.78 is 10.6. The number of aromatic nitrogens is 2. The van der Waals surface area contributed by atoms with E-state index in [0.29, 0.717) is 22.9 Å². The SMILES string of the molecule is CCOC(=O)c1ccc(Nc2ncnc(Oc3ccc(C(C)C)cc3)c2[N+](=O)[O-])cc1. The van der Waals surface area contributed by atoms with Gasteiger partial charge in [-0.05, 0) is 54.8 Å². The van der Waals surface area contributed by atoms with E-state index in [1.54, 1.807) is 43.3 Å². The first kappa shape index (κ1) is 21.7. The highest BCUT2D eigenvalue weighted by atomic mass is 16.6. The number of carbonyl (C=O) groups is 1. The molecular weight excluding hydrogens is 400 g/mol. The number of nitrogens with one attached hydrogen (secondary N) is 1. The molecule has 0 saturated heterocycles. The second-order valence-electron chi connectivity index (χ2n) is 6.88. The van der Waals surface area contributed by atoms with E-state index >= 15 is 0 Å². The molecule has 0 fully saturated rings. The minimum absolute atomic E-state index is 0.0299. The minimum atomic E-state index is -0.604. The van der Waals surface area contributed by atoms with Crippen LogP contribution in [0.5, 0.6) is 11.6 Å². The predicted molar refractivity (Wildman–Crippen MR) is 115 cm³/mol. The Kier molecular flexibility index (Phi) is 6.76. The minimum Gasteiger partial charge on any atom is -0.462 e. The smallest absolute Gasteiger partial charge is 0.373 e. The third-order valence-electron chi connectivity index (χ3n) is 4.39. The first-order valence-corrected chi connectivity index (χ1v) is 9.70. The van der Waals surface area contributed by atoms with Gasteiger partial charge >= 0.3 is 17.5 Å². The van der Waals surface area contributed by atoms with Crippen LogP contribution in [0.3, 0.4) is 0 Å². The fourth-order valence-corrected chi connectivity index (χ4v) is 2.77. The number of rotatable bonds is 8. The Hall–Kier alpha value is -4.01. The van der Waals surface area contributed by atoms with Crippen molar-refractivity contribution in [3.05, 3.63) is 76.1 Å². The van der Waals surface area contributed by atoms with Crippen molar-refractivity contribution in [2.45, 2.75) is 26.7 Å². The molecule has 3 rings (SSSR count). The number of nitrogens with zero attached hydrogens (tertiary/aromatic N) is 3. The van der Waals surface area contributed by atoms with Gasteiger partial charge < -0.3 is 14.8 Å². The highest BCUT2D eigenvalue weighted by Gasteiger charge is 2.25. The third kappa shape index (κ3) is 5.33. The van der Waals surface area contributed by atoms with Crippen molar-refractivity contribution < 1.29 is 19.2 Å². The van der Waals surface area contributed by atoms with Gasteiger partial charge in [-0.3, -0.25) is 10.1 Å². The molecule has 1 aromatic heterocycles. The molecule has 1 heterocycles. The van der Waals surface area contributed by atoms with Gasteiger partial charge in [-0.15, -0.1) is 0 Å². The Labute approximate surface area is 179 Å². The Morgan fingerprint density at radius 2 is 1.77 bits per heavy atom. The van der Waals surface area contributed by atoms with Gasteiger partial charge in [0.15, 0.2) is 0 Å². The van der Waals surface area contributed by atoms with E-state index in [-0.39, 0.29) is 18.3 Å². The molecule has 0 saturated carbocycles. The summed E-state index contributed by atoms with van der Waals surface area (Å²) in [6, 6.07) is 13.6. The van der Waals surface area contributed by atoms with Crippen LogP contribution in [0.25, 0.3) is 0 Å². The third-order valence-corrected chi connectivity index (χ3v) is 4.39. The summed E-state index contributed by atoms with van der Waals surface area (Å²) in [5, 5.41) is 14.6. The maximum atomic E-state index is 11.8. The zero-order chi connectivity index (χ0) is 22.4. The summed E-state index contributed by atoms with van der Waals surface area (Å²) >= 11 is 0. The van der Waals surface area contributed by atoms with Crippen LogP contribution < -0.4 is 10.1 Å². The van der Waals surface area contributed by atoms with Gasteiger partial charge in [0.05, 0.1) is 17.1 Å². The molecule has 0 spiro atoms. The summed E-state index contributed by atoms with van der Waals surface area (Å²) in [4.78, 5) is 30.8. The molecule has 9 nitrogen and oxygen atoms in total. The summed E-state index contributed by atoms with van der Waals surface area (Å²) in [6.45, 7) is 6.14. The van der Waals surface area contributed by atoms with Gasteiger partial charge in [-0.2, -0.15) is 4.98 Å². The quantitative estimate of drug-likeness (QED) is 0.298. The lowest BCUT2D eigenvalue weighted by Crippen LogP contribution is -2.05. The van der Waals surface area contributed by atoms with E-state index < -0.39 is 16.6 Å². The van der Waals surface area contributed by atoms with Crippen LogP contribution in [0.2, 0.25) is 0 Å². The normalized spacial score (nSPS) is 10.6. The number of hydrogen-bond donors (Lipinski definition) is 1. The number of hydrogen-bond acceptors (Lipinski definition) is 8. The molecule has 0 aliphatic carbocycles. The molecule has 0 aliphatic rings. The maximum Gasteiger partial charge on any atom is 0.373 e. The van der Waals surface area contributed by atoms with Crippen molar-refractivity contribution in [2.75, 3.05) is 11.9 Å². The van der Waals surface area contributed by atoms with Crippen molar-refractivity contribution in [2.24, 2.45) is 0 Å². The second-order valence-corrected chi connectivity index (χ2v) is 6.88. The van der Waals surface area contributed by atoms with Crippen LogP contribution in [0.4, 0.5) is 17.2 Å². The van der Waals surface area contributed by atoms with Crippen molar-refractivity contribution in [1.82, 2.24) is 9.97 Å². The summed E-state index contributed by atoms with van der Waals surface area (Å²) in [5.74, 6) is 0.131. The van der Waals surface area contributed by atoms with Crippen LogP contribution in [0, 0.1) is 10.1 Å². The number of benzene rings is 2. The summed E-state index contributed by atoms with van der Waals surface area (Å²) in [7, 11) is 0. The van der Waals surface area contributed by atoms with E-state index in [1.807, 2.05) is 12.1 Å². The van der Waals surface area contributed by atoms with Crippen LogP contribution in [0.15, 0.2) is 54.9 Å². The topological polar surface area (TPSA) is 116 Å². The van der Waals surface area contributed by atoms with E-state index in [4.69, 9.17) is 9.47 Å². The highest BCUT2D eigenvalue weighted by molar-refractivity contribution is 5.90. The monoisotopic (exact) mass is 422 g/mol. The standard InChI is InChI=1S/C22H22N4O5/c1-4-30-22(27)16-5-9-17(10-6-16)25-20-19(26(28)29)21(24-13-23-20)31-18-11-7-15(8-12-18)14(2)3/h5-14H,4H2,1-3H3,(H,23,24,25). The Morgan fingerprint density at radius 3 is 2.35 bits per heavy atom. The number of ether oxygens (including phenoxy) is 2. The number of nitro groups is 1. The molecular formula is C22H22N4O5. The molecule has 0 atom stereocenters. The van der Waals surface area contributed by atoms with Crippen LogP contribution in [0.1, 0.15) is 42.6 Å². The number of esters is 1. The van der Waals surface area contributed by atoms with E-state index in [1.165, 1.54) is 6.33 Å². The Balaban J connectivity index is 1.84. The number of carbonyl (C=O) groups excluding carboxylic acids is 1. The van der Waals surface area contributed by atoms with Gasteiger partial charge in [-0.1, -0.05) is 26.0 Å². The molecule has 2 aromatic carbocycles. The second kappa shape index (κ2) is 9.66. The first-order valence-electron chi connectivity index (χ1n) is 9.70. The van der Waals surface area contributed by atoms with Crippen LogP contribution in [-0.4, -0.2) is 27.5 Å². The van der Waals surface area contributed by atoms with Gasteiger partial charge in [0.2, 0.25) is 5.82 Å². The molecule has 0 amide bonds. The van der Waals surface area contributed by atoms with Gasteiger partial charge in [0.1, 0.15) is 12.1 Å². The van der Waals surface area contributed by atoms with Crippen molar-refractivity contribution in [3.63, 3.8) is 0 Å². The lowest BCUT2D eigenvalue weighted by Gasteiger charge is -2.11. The zero-order valence-corrected chi connectivity index (χ0v) is 17.4. The molecule has 0 radical (unpaired) electrons. The van der Waals surface area contributed by atoms with Gasteiger partial charge in [0, 0.05) is 5.69 Å². The molecule has 31 heavy (non-hydrogen) atoms. The van der Waals surface area contributed by atoms with Gasteiger partial charge in [-0.25, -0.2) is 9.78 Å². The molecule has 3 aromatic rings. The van der Waals surface area contributed by atoms with E-state index in [0.717, 1.165) is 5.56 Å². The molecule has 1 N–H and O–H groups in total. The van der Waals surface area contributed by atoms with Crippen molar-refractivity contribution >= 4 is 23.2 Å². The number of anilines is 2. The van der Waals surface area contributed by atoms with Crippen LogP contribution >= 0.6 is 0 Å². The van der Waals surface area contributed by atoms with E-state index in [9.17, 15) is 14.9 Å². The first-order chi connectivity index (χ1) is 14.9. The Bertz CT molecular complexity index is 1070. The molecule has 0 aliphatic heterocycles. The average molecular weight is 422 g/mol. The van der Waals surface area contributed by atoms with Crippen LogP contribution in [-0.2, 0) is 4.74 Å². The maximum absolute atomic E-state index is 11.8. The molecule has 0 unspecified atom stereocenters. The largest absolute Gasteiger partial charge is 0.462 e. The summed E-state index contributed by atoms with van der Waals surface area (Å²) in [6.07, 6.45) is 1.18. The molecule has 0 bridgehead atoms.